The van der Waals surface area contributed by atoms with E-state index in [1.807, 2.05) is 19.1 Å². The van der Waals surface area contributed by atoms with Gasteiger partial charge < -0.3 is 4.74 Å². The van der Waals surface area contributed by atoms with E-state index in [1.54, 1.807) is 7.11 Å². The van der Waals surface area contributed by atoms with Gasteiger partial charge in [-0.3, -0.25) is 11.3 Å². The Bertz CT molecular complexity index is 498. The third kappa shape index (κ3) is 2.47. The van der Waals surface area contributed by atoms with Gasteiger partial charge in [-0.25, -0.2) is 0 Å². The van der Waals surface area contributed by atoms with Crippen molar-refractivity contribution in [3.63, 3.8) is 0 Å². The van der Waals surface area contributed by atoms with Gasteiger partial charge in [-0.1, -0.05) is 36.4 Å². The molecule has 0 heterocycles. The van der Waals surface area contributed by atoms with Crippen molar-refractivity contribution in [2.75, 3.05) is 7.11 Å². The van der Waals surface area contributed by atoms with Crippen molar-refractivity contribution in [3.8, 4) is 0 Å². The highest BCUT2D eigenvalue weighted by Gasteiger charge is 2.17. The molecule has 0 amide bonds. The standard InChI is InChI=1S/C14H18N2O/c1-10(17-2)14(16-15)13-8-7-11-5-3-4-6-12(11)9-13/h3-10,14,16H,15H2,1-2H3. The van der Waals surface area contributed by atoms with E-state index in [-0.39, 0.29) is 12.1 Å². The average molecular weight is 230 g/mol. The Labute approximate surface area is 102 Å². The zero-order valence-electron chi connectivity index (χ0n) is 10.2. The van der Waals surface area contributed by atoms with E-state index in [0.717, 1.165) is 5.56 Å². The lowest BCUT2D eigenvalue weighted by Gasteiger charge is -2.22. The molecule has 2 rings (SSSR count). The largest absolute Gasteiger partial charge is 0.380 e. The van der Waals surface area contributed by atoms with Gasteiger partial charge in [-0.05, 0) is 29.3 Å². The molecule has 0 aromatic heterocycles. The predicted molar refractivity (Wildman–Crippen MR) is 70.5 cm³/mol. The molecule has 17 heavy (non-hydrogen) atoms. The molecule has 0 aliphatic heterocycles. The lowest BCUT2D eigenvalue weighted by Crippen LogP contribution is -2.36. The summed E-state index contributed by atoms with van der Waals surface area (Å²) in [6.07, 6.45) is 0.0289. The van der Waals surface area contributed by atoms with Gasteiger partial charge in [-0.2, -0.15) is 0 Å². The van der Waals surface area contributed by atoms with Crippen molar-refractivity contribution in [1.82, 2.24) is 5.43 Å². The van der Waals surface area contributed by atoms with E-state index in [2.05, 4.69) is 35.8 Å². The van der Waals surface area contributed by atoms with E-state index in [0.29, 0.717) is 0 Å². The Kier molecular flexibility index (Phi) is 3.74. The maximum absolute atomic E-state index is 5.60. The zero-order valence-corrected chi connectivity index (χ0v) is 10.2. The number of nitrogens with two attached hydrogens (primary N) is 1. The van der Waals surface area contributed by atoms with Crippen LogP contribution in [0.5, 0.6) is 0 Å². The van der Waals surface area contributed by atoms with Crippen LogP contribution in [0.1, 0.15) is 18.5 Å². The molecule has 2 atom stereocenters. The Hall–Kier alpha value is -1.42. The summed E-state index contributed by atoms with van der Waals surface area (Å²) in [6.45, 7) is 2.00. The topological polar surface area (TPSA) is 47.3 Å². The van der Waals surface area contributed by atoms with Crippen molar-refractivity contribution in [2.24, 2.45) is 5.84 Å². The second kappa shape index (κ2) is 5.27. The molecule has 0 saturated heterocycles. The number of nitrogens with one attached hydrogen (secondary N) is 1. The van der Waals surface area contributed by atoms with Crippen molar-refractivity contribution < 1.29 is 4.74 Å². The molecule has 3 N–H and O–H groups in total. The lowest BCUT2D eigenvalue weighted by atomic mass is 9.99. The van der Waals surface area contributed by atoms with E-state index in [1.165, 1.54) is 10.8 Å². The van der Waals surface area contributed by atoms with E-state index < -0.39 is 0 Å². The minimum Gasteiger partial charge on any atom is -0.380 e. The Morgan fingerprint density at radius 1 is 1.12 bits per heavy atom. The Morgan fingerprint density at radius 3 is 2.47 bits per heavy atom. The molecule has 3 heteroatoms. The number of hydrazine groups is 1. The van der Waals surface area contributed by atoms with Crippen LogP contribution in [0.2, 0.25) is 0 Å². The lowest BCUT2D eigenvalue weighted by molar-refractivity contribution is 0.0831. The van der Waals surface area contributed by atoms with Crippen LogP contribution in [0.3, 0.4) is 0 Å². The molecule has 0 aliphatic carbocycles. The summed E-state index contributed by atoms with van der Waals surface area (Å²) in [5, 5.41) is 2.45. The van der Waals surface area contributed by atoms with Crippen LogP contribution in [-0.4, -0.2) is 13.2 Å². The van der Waals surface area contributed by atoms with Gasteiger partial charge >= 0.3 is 0 Å². The number of hydrogen-bond donors (Lipinski definition) is 2. The van der Waals surface area contributed by atoms with Crippen LogP contribution >= 0.6 is 0 Å². The van der Waals surface area contributed by atoms with Crippen molar-refractivity contribution >= 4 is 10.8 Å². The molecule has 90 valence electrons. The van der Waals surface area contributed by atoms with E-state index in [4.69, 9.17) is 10.6 Å². The molecule has 0 radical (unpaired) electrons. The third-order valence-electron chi connectivity index (χ3n) is 3.15. The summed E-state index contributed by atoms with van der Waals surface area (Å²) in [5.74, 6) is 5.60. The average Bonchev–Trinajstić information content (AvgIpc) is 2.39. The second-order valence-corrected chi connectivity index (χ2v) is 4.19. The summed E-state index contributed by atoms with van der Waals surface area (Å²) in [4.78, 5) is 0. The minimum absolute atomic E-state index is 0.00426. The molecule has 0 aliphatic rings. The quantitative estimate of drug-likeness (QED) is 0.626. The molecule has 0 spiro atoms. The number of hydrogen-bond acceptors (Lipinski definition) is 3. The first-order chi connectivity index (χ1) is 8.26. The summed E-state index contributed by atoms with van der Waals surface area (Å²) in [7, 11) is 1.69. The van der Waals surface area contributed by atoms with Crippen LogP contribution < -0.4 is 11.3 Å². The van der Waals surface area contributed by atoms with Crippen molar-refractivity contribution in [3.05, 3.63) is 48.0 Å². The summed E-state index contributed by atoms with van der Waals surface area (Å²) in [6, 6.07) is 14.6. The molecule has 0 bridgehead atoms. The van der Waals surface area contributed by atoms with Crippen LogP contribution in [0, 0.1) is 0 Å². The second-order valence-electron chi connectivity index (χ2n) is 4.19. The fraction of sp³-hybridized carbons (Fsp3) is 0.286. The number of methoxy groups -OCH3 is 1. The number of benzene rings is 2. The Balaban J connectivity index is 2.40. The smallest absolute Gasteiger partial charge is 0.0750 e. The highest BCUT2D eigenvalue weighted by Crippen LogP contribution is 2.23. The van der Waals surface area contributed by atoms with Gasteiger partial charge in [-0.15, -0.1) is 0 Å². The van der Waals surface area contributed by atoms with Crippen molar-refractivity contribution in [1.29, 1.82) is 0 Å². The maximum atomic E-state index is 5.60. The van der Waals surface area contributed by atoms with E-state index >= 15 is 0 Å². The predicted octanol–water partition coefficient (Wildman–Crippen LogP) is 2.38. The number of rotatable bonds is 4. The third-order valence-corrected chi connectivity index (χ3v) is 3.15. The van der Waals surface area contributed by atoms with Crippen molar-refractivity contribution in [2.45, 2.75) is 19.1 Å². The first kappa shape index (κ1) is 12.0. The number of fused-ring (bicyclic) bond motifs is 1. The fourth-order valence-electron chi connectivity index (χ4n) is 2.04. The molecule has 3 nitrogen and oxygen atoms in total. The van der Waals surface area contributed by atoms with E-state index in [9.17, 15) is 0 Å². The number of ether oxygens (including phenoxy) is 1. The van der Waals surface area contributed by atoms with Crippen LogP contribution in [-0.2, 0) is 4.74 Å². The molecule has 2 unspecified atom stereocenters. The molecule has 0 saturated carbocycles. The maximum Gasteiger partial charge on any atom is 0.0750 e. The first-order valence-electron chi connectivity index (χ1n) is 5.74. The monoisotopic (exact) mass is 230 g/mol. The summed E-state index contributed by atoms with van der Waals surface area (Å²) < 4.78 is 5.33. The summed E-state index contributed by atoms with van der Waals surface area (Å²) in [5.41, 5.74) is 3.95. The van der Waals surface area contributed by atoms with Crippen LogP contribution in [0.4, 0.5) is 0 Å². The van der Waals surface area contributed by atoms with Gasteiger partial charge in [0.05, 0.1) is 12.1 Å². The zero-order chi connectivity index (χ0) is 12.3. The first-order valence-corrected chi connectivity index (χ1v) is 5.74. The summed E-state index contributed by atoms with van der Waals surface area (Å²) >= 11 is 0. The minimum atomic E-state index is 0.00426. The van der Waals surface area contributed by atoms with Gasteiger partial charge in [0.1, 0.15) is 0 Å². The van der Waals surface area contributed by atoms with Gasteiger partial charge in [0.15, 0.2) is 0 Å². The van der Waals surface area contributed by atoms with Gasteiger partial charge in [0.25, 0.3) is 0 Å². The highest BCUT2D eigenvalue weighted by atomic mass is 16.5. The van der Waals surface area contributed by atoms with Gasteiger partial charge in [0, 0.05) is 7.11 Å². The molecule has 0 fully saturated rings. The van der Waals surface area contributed by atoms with Crippen LogP contribution in [0.25, 0.3) is 10.8 Å². The van der Waals surface area contributed by atoms with Crippen LogP contribution in [0.15, 0.2) is 42.5 Å². The van der Waals surface area contributed by atoms with Gasteiger partial charge in [0.2, 0.25) is 0 Å². The molecule has 2 aromatic rings. The fourth-order valence-corrected chi connectivity index (χ4v) is 2.04. The molecular weight excluding hydrogens is 212 g/mol. The normalized spacial score (nSPS) is 14.8. The molecular formula is C14H18N2O. The molecule has 2 aromatic carbocycles. The SMILES string of the molecule is COC(C)C(NN)c1ccc2ccccc2c1. The highest BCUT2D eigenvalue weighted by molar-refractivity contribution is 5.83. The Morgan fingerprint density at radius 2 is 1.82 bits per heavy atom.